The van der Waals surface area contributed by atoms with Crippen LogP contribution < -0.4 is 0 Å². The highest BCUT2D eigenvalue weighted by Crippen LogP contribution is 2.04. The zero-order valence-corrected chi connectivity index (χ0v) is 11.5. The maximum absolute atomic E-state index is 4.65. The Hall–Kier alpha value is -1.89. The summed E-state index contributed by atoms with van der Waals surface area (Å²) in [6.45, 7) is 3.03. The highest BCUT2D eigenvalue weighted by molar-refractivity contribution is 5.82. The van der Waals surface area contributed by atoms with E-state index in [1.165, 1.54) is 16.8 Å². The van der Waals surface area contributed by atoms with E-state index in [1.54, 1.807) is 0 Å². The van der Waals surface area contributed by atoms with E-state index in [2.05, 4.69) is 72.6 Å². The van der Waals surface area contributed by atoms with Crippen LogP contribution in [0.25, 0.3) is 0 Å². The van der Waals surface area contributed by atoms with Crippen molar-refractivity contribution in [1.82, 2.24) is 0 Å². The van der Waals surface area contributed by atoms with Crippen LogP contribution in [0.2, 0.25) is 0 Å². The van der Waals surface area contributed by atoms with Crippen LogP contribution in [0.15, 0.2) is 65.7 Å². The topological polar surface area (TPSA) is 12.4 Å². The first-order chi connectivity index (χ1) is 9.34. The third-order valence-corrected chi connectivity index (χ3v) is 3.24. The predicted molar refractivity (Wildman–Crippen MR) is 82.9 cm³/mol. The molecule has 19 heavy (non-hydrogen) atoms. The molecule has 0 amide bonds. The Morgan fingerprint density at radius 3 is 1.89 bits per heavy atom. The molecule has 0 saturated carbocycles. The fourth-order valence-corrected chi connectivity index (χ4v) is 2.07. The third-order valence-electron chi connectivity index (χ3n) is 3.24. The summed E-state index contributed by atoms with van der Waals surface area (Å²) in [5.41, 5.74) is 4.00. The summed E-state index contributed by atoms with van der Waals surface area (Å²) in [6, 6.07) is 21.2. The van der Waals surface area contributed by atoms with Gasteiger partial charge in [0.25, 0.3) is 0 Å². The van der Waals surface area contributed by atoms with Crippen molar-refractivity contribution in [3.63, 3.8) is 0 Å². The Kier molecular flexibility index (Phi) is 5.36. The molecule has 2 aromatic carbocycles. The van der Waals surface area contributed by atoms with Gasteiger partial charge in [0.2, 0.25) is 0 Å². The summed E-state index contributed by atoms with van der Waals surface area (Å²) >= 11 is 0. The first-order valence-electron chi connectivity index (χ1n) is 6.92. The Bertz CT molecular complexity index is 500. The minimum absolute atomic E-state index is 0.893. The molecule has 0 aliphatic heterocycles. The minimum atomic E-state index is 0.893. The maximum atomic E-state index is 4.65. The molecule has 1 nitrogen and oxygen atoms in total. The van der Waals surface area contributed by atoms with E-state index in [4.69, 9.17) is 0 Å². The number of aliphatic imine (C=N–C) groups is 1. The van der Waals surface area contributed by atoms with Crippen LogP contribution in [0, 0.1) is 0 Å². The van der Waals surface area contributed by atoms with Gasteiger partial charge in [-0.15, -0.1) is 0 Å². The summed E-state index contributed by atoms with van der Waals surface area (Å²) < 4.78 is 0. The molecule has 1 heteroatoms. The number of hydrogen-bond acceptors (Lipinski definition) is 1. The second-order valence-electron chi connectivity index (χ2n) is 4.84. The lowest BCUT2D eigenvalue weighted by atomic mass is 10.1. The van der Waals surface area contributed by atoms with E-state index in [9.17, 15) is 0 Å². The van der Waals surface area contributed by atoms with Gasteiger partial charge in [0.05, 0.1) is 0 Å². The molecule has 0 aliphatic rings. The number of benzene rings is 2. The summed E-state index contributed by atoms with van der Waals surface area (Å²) in [5, 5.41) is 0. The zero-order chi connectivity index (χ0) is 13.3. The van der Waals surface area contributed by atoms with Gasteiger partial charge in [0.15, 0.2) is 0 Å². The largest absolute Gasteiger partial charge is 0.294 e. The molecule has 0 bridgehead atoms. The fourth-order valence-electron chi connectivity index (χ4n) is 2.07. The highest BCUT2D eigenvalue weighted by atomic mass is 14.7. The molecule has 0 atom stereocenters. The molecular formula is C18H21N. The highest BCUT2D eigenvalue weighted by Gasteiger charge is 1.95. The number of aryl methyl sites for hydroxylation is 1. The van der Waals surface area contributed by atoms with Gasteiger partial charge in [0.1, 0.15) is 0 Å². The average Bonchev–Trinajstić information content (AvgIpc) is 2.47. The van der Waals surface area contributed by atoms with Gasteiger partial charge in [-0.05, 0) is 37.3 Å². The van der Waals surface area contributed by atoms with Crippen molar-refractivity contribution in [2.24, 2.45) is 4.99 Å². The van der Waals surface area contributed by atoms with E-state index >= 15 is 0 Å². The van der Waals surface area contributed by atoms with E-state index in [1.807, 2.05) is 0 Å². The summed E-state index contributed by atoms with van der Waals surface area (Å²) in [4.78, 5) is 4.65. The summed E-state index contributed by atoms with van der Waals surface area (Å²) in [6.07, 6.45) is 3.17. The molecule has 0 radical (unpaired) electrons. The van der Waals surface area contributed by atoms with Crippen molar-refractivity contribution < 1.29 is 0 Å². The summed E-state index contributed by atoms with van der Waals surface area (Å²) in [5.74, 6) is 0. The lowest BCUT2D eigenvalue weighted by Crippen LogP contribution is -1.98. The van der Waals surface area contributed by atoms with Gasteiger partial charge in [-0.25, -0.2) is 0 Å². The average molecular weight is 251 g/mol. The molecule has 0 aromatic heterocycles. The van der Waals surface area contributed by atoms with E-state index in [0.717, 1.165) is 25.8 Å². The normalized spacial score (nSPS) is 11.5. The van der Waals surface area contributed by atoms with Gasteiger partial charge < -0.3 is 0 Å². The second-order valence-corrected chi connectivity index (χ2v) is 4.84. The van der Waals surface area contributed by atoms with Crippen molar-refractivity contribution in [2.45, 2.75) is 26.2 Å². The van der Waals surface area contributed by atoms with Crippen LogP contribution in [0.4, 0.5) is 0 Å². The smallest absolute Gasteiger partial charge is 0.0428 e. The van der Waals surface area contributed by atoms with Crippen LogP contribution in [0.1, 0.15) is 24.5 Å². The van der Waals surface area contributed by atoms with Crippen molar-refractivity contribution in [3.8, 4) is 0 Å². The first-order valence-corrected chi connectivity index (χ1v) is 6.92. The standard InChI is InChI=1S/C18H21N/c1-16(12-13-17-8-4-2-5-9-17)19-15-14-18-10-6-3-7-11-18/h2-11H,12-15H2,1H3. The zero-order valence-electron chi connectivity index (χ0n) is 11.5. The van der Waals surface area contributed by atoms with Crippen molar-refractivity contribution in [3.05, 3.63) is 71.8 Å². The number of rotatable bonds is 6. The lowest BCUT2D eigenvalue weighted by Gasteiger charge is -2.02. The molecule has 2 aromatic rings. The Morgan fingerprint density at radius 2 is 1.32 bits per heavy atom. The lowest BCUT2D eigenvalue weighted by molar-refractivity contribution is 0.942. The molecule has 0 N–H and O–H groups in total. The quantitative estimate of drug-likeness (QED) is 0.678. The monoisotopic (exact) mass is 251 g/mol. The van der Waals surface area contributed by atoms with Gasteiger partial charge in [-0.3, -0.25) is 4.99 Å². The maximum Gasteiger partial charge on any atom is 0.0428 e. The SMILES string of the molecule is CC(CCc1ccccc1)=NCCc1ccccc1. The number of hydrogen-bond donors (Lipinski definition) is 0. The van der Waals surface area contributed by atoms with Crippen LogP contribution in [-0.2, 0) is 12.8 Å². The molecule has 0 unspecified atom stereocenters. The minimum Gasteiger partial charge on any atom is -0.294 e. The molecule has 0 spiro atoms. The predicted octanol–water partition coefficient (Wildman–Crippen LogP) is 4.32. The van der Waals surface area contributed by atoms with Crippen molar-refractivity contribution in [2.75, 3.05) is 6.54 Å². The Labute approximate surface area is 116 Å². The van der Waals surface area contributed by atoms with Gasteiger partial charge in [-0.2, -0.15) is 0 Å². The first kappa shape index (κ1) is 13.5. The van der Waals surface area contributed by atoms with E-state index in [-0.39, 0.29) is 0 Å². The van der Waals surface area contributed by atoms with Gasteiger partial charge >= 0.3 is 0 Å². The second kappa shape index (κ2) is 7.52. The Balaban J connectivity index is 1.74. The van der Waals surface area contributed by atoms with E-state index < -0.39 is 0 Å². The van der Waals surface area contributed by atoms with Crippen LogP contribution in [0.3, 0.4) is 0 Å². The third kappa shape index (κ3) is 5.09. The molecule has 0 heterocycles. The van der Waals surface area contributed by atoms with Crippen LogP contribution >= 0.6 is 0 Å². The van der Waals surface area contributed by atoms with Crippen LogP contribution in [0.5, 0.6) is 0 Å². The molecule has 0 saturated heterocycles. The summed E-state index contributed by atoms with van der Waals surface area (Å²) in [7, 11) is 0. The van der Waals surface area contributed by atoms with Gasteiger partial charge in [-0.1, -0.05) is 60.7 Å². The number of nitrogens with zero attached hydrogens (tertiary/aromatic N) is 1. The van der Waals surface area contributed by atoms with Gasteiger partial charge in [0, 0.05) is 12.3 Å². The molecule has 0 fully saturated rings. The van der Waals surface area contributed by atoms with Crippen molar-refractivity contribution >= 4 is 5.71 Å². The van der Waals surface area contributed by atoms with Crippen LogP contribution in [-0.4, -0.2) is 12.3 Å². The van der Waals surface area contributed by atoms with E-state index in [0.29, 0.717) is 0 Å². The molecule has 0 aliphatic carbocycles. The Morgan fingerprint density at radius 1 is 0.789 bits per heavy atom. The molecule has 2 rings (SSSR count). The molecule has 98 valence electrons. The van der Waals surface area contributed by atoms with Crippen molar-refractivity contribution in [1.29, 1.82) is 0 Å². The fraction of sp³-hybridized carbons (Fsp3) is 0.278. The molecular weight excluding hydrogens is 230 g/mol.